The molecule has 0 aromatic rings. The molecule has 0 saturated carbocycles. The summed E-state index contributed by atoms with van der Waals surface area (Å²) in [7, 11) is 0. The first kappa shape index (κ1) is 13.8. The van der Waals surface area contributed by atoms with Crippen LogP contribution in [-0.4, -0.2) is 30.6 Å². The van der Waals surface area contributed by atoms with Gasteiger partial charge in [-0.15, -0.1) is 0 Å². The van der Waals surface area contributed by atoms with Gasteiger partial charge in [-0.3, -0.25) is 4.79 Å². The standard InChI is InChI=1S/C8H7F6NO2/c1-4-2-3-17-6(7(9,10)11,8(12,13)14)15-5(4)16/h1-3H2,(H,15,16). The van der Waals surface area contributed by atoms with Crippen molar-refractivity contribution in [2.45, 2.75) is 24.5 Å². The van der Waals surface area contributed by atoms with Crippen molar-refractivity contribution in [3.05, 3.63) is 12.2 Å². The van der Waals surface area contributed by atoms with E-state index >= 15 is 0 Å². The summed E-state index contributed by atoms with van der Waals surface area (Å²) in [4.78, 5) is 11.0. The second-order valence-electron chi connectivity index (χ2n) is 3.33. The maximum absolute atomic E-state index is 12.5. The van der Waals surface area contributed by atoms with Gasteiger partial charge in [0.1, 0.15) is 0 Å². The Kier molecular flexibility index (Phi) is 3.17. The predicted octanol–water partition coefficient (Wildman–Crippen LogP) is 1.90. The van der Waals surface area contributed by atoms with Gasteiger partial charge < -0.3 is 10.1 Å². The summed E-state index contributed by atoms with van der Waals surface area (Å²) in [6.45, 7) is 2.15. The number of carbonyl (C=O) groups is 1. The number of hydrogen-bond acceptors (Lipinski definition) is 2. The molecule has 0 spiro atoms. The first-order valence-corrected chi connectivity index (χ1v) is 4.29. The first-order valence-electron chi connectivity index (χ1n) is 4.29. The van der Waals surface area contributed by atoms with Gasteiger partial charge in [0.25, 0.3) is 0 Å². The van der Waals surface area contributed by atoms with Gasteiger partial charge in [-0.2, -0.15) is 26.3 Å². The van der Waals surface area contributed by atoms with E-state index in [-0.39, 0.29) is 0 Å². The fraction of sp³-hybridized carbons (Fsp3) is 0.625. The van der Waals surface area contributed by atoms with E-state index in [0.717, 1.165) is 5.32 Å². The van der Waals surface area contributed by atoms with Crippen molar-refractivity contribution in [1.29, 1.82) is 0 Å². The molecule has 0 aromatic heterocycles. The molecule has 0 radical (unpaired) electrons. The average Bonchev–Trinajstić information content (AvgIpc) is 2.25. The highest BCUT2D eigenvalue weighted by molar-refractivity contribution is 5.93. The minimum Gasteiger partial charge on any atom is -0.340 e. The number of halogens is 6. The highest BCUT2D eigenvalue weighted by atomic mass is 19.4. The topological polar surface area (TPSA) is 38.3 Å². The van der Waals surface area contributed by atoms with E-state index in [0.29, 0.717) is 0 Å². The van der Waals surface area contributed by atoms with Crippen LogP contribution in [0.3, 0.4) is 0 Å². The fourth-order valence-electron chi connectivity index (χ4n) is 1.19. The van der Waals surface area contributed by atoms with Gasteiger partial charge in [-0.1, -0.05) is 6.58 Å². The Morgan fingerprint density at radius 3 is 2.06 bits per heavy atom. The number of ether oxygens (including phenoxy) is 1. The van der Waals surface area contributed by atoms with Gasteiger partial charge >= 0.3 is 18.1 Å². The molecule has 3 nitrogen and oxygen atoms in total. The molecule has 0 aromatic carbocycles. The Labute approximate surface area is 91.4 Å². The lowest BCUT2D eigenvalue weighted by Gasteiger charge is -2.35. The summed E-state index contributed by atoms with van der Waals surface area (Å²) in [5, 5.41) is 0.811. The second kappa shape index (κ2) is 3.90. The molecule has 1 amide bonds. The van der Waals surface area contributed by atoms with E-state index < -0.39 is 42.6 Å². The Hall–Kier alpha value is -1.25. The zero-order chi connectivity index (χ0) is 13.5. The van der Waals surface area contributed by atoms with Crippen LogP contribution in [-0.2, 0) is 9.53 Å². The van der Waals surface area contributed by atoms with Crippen molar-refractivity contribution in [3.8, 4) is 0 Å². The molecule has 1 heterocycles. The monoisotopic (exact) mass is 263 g/mol. The van der Waals surface area contributed by atoms with Crippen molar-refractivity contribution < 1.29 is 35.9 Å². The molecule has 1 rings (SSSR count). The van der Waals surface area contributed by atoms with Crippen LogP contribution in [0, 0.1) is 0 Å². The highest BCUT2D eigenvalue weighted by Crippen LogP contribution is 2.45. The van der Waals surface area contributed by atoms with E-state index in [4.69, 9.17) is 0 Å². The van der Waals surface area contributed by atoms with Crippen LogP contribution >= 0.6 is 0 Å². The summed E-state index contributed by atoms with van der Waals surface area (Å²) in [6.07, 6.45) is -12.0. The summed E-state index contributed by atoms with van der Waals surface area (Å²) in [5.41, 5.74) is -5.07. The van der Waals surface area contributed by atoms with Crippen LogP contribution in [0.15, 0.2) is 12.2 Å². The molecule has 1 aliphatic rings. The van der Waals surface area contributed by atoms with E-state index in [1.807, 2.05) is 0 Å². The van der Waals surface area contributed by atoms with Crippen LogP contribution in [0.1, 0.15) is 6.42 Å². The van der Waals surface area contributed by atoms with Crippen LogP contribution in [0.25, 0.3) is 0 Å². The zero-order valence-corrected chi connectivity index (χ0v) is 8.21. The Bertz CT molecular complexity index is 331. The number of hydrogen-bond donors (Lipinski definition) is 1. The average molecular weight is 263 g/mol. The fourth-order valence-corrected chi connectivity index (χ4v) is 1.19. The number of carbonyl (C=O) groups excluding carboxylic acids is 1. The second-order valence-corrected chi connectivity index (χ2v) is 3.33. The normalized spacial score (nSPS) is 22.0. The molecular formula is C8H7F6NO2. The molecule has 0 unspecified atom stereocenters. The number of amides is 1. The molecule has 17 heavy (non-hydrogen) atoms. The molecule has 0 bridgehead atoms. The van der Waals surface area contributed by atoms with Gasteiger partial charge in [0.15, 0.2) is 0 Å². The largest absolute Gasteiger partial charge is 0.446 e. The highest BCUT2D eigenvalue weighted by Gasteiger charge is 2.74. The molecular weight excluding hydrogens is 256 g/mol. The van der Waals surface area contributed by atoms with Gasteiger partial charge in [-0.25, -0.2) is 0 Å². The Morgan fingerprint density at radius 2 is 1.65 bits per heavy atom. The number of alkyl halides is 6. The maximum Gasteiger partial charge on any atom is 0.446 e. The lowest BCUT2D eigenvalue weighted by molar-refractivity contribution is -0.387. The molecule has 9 heteroatoms. The van der Waals surface area contributed by atoms with E-state index in [1.54, 1.807) is 0 Å². The third kappa shape index (κ3) is 2.24. The summed E-state index contributed by atoms with van der Waals surface area (Å²) in [6, 6.07) is 0. The van der Waals surface area contributed by atoms with Gasteiger partial charge in [-0.05, 0) is 0 Å². The van der Waals surface area contributed by atoms with E-state index in [9.17, 15) is 31.1 Å². The van der Waals surface area contributed by atoms with Crippen LogP contribution < -0.4 is 5.32 Å². The molecule has 1 N–H and O–H groups in total. The van der Waals surface area contributed by atoms with Crippen LogP contribution in [0.4, 0.5) is 26.3 Å². The molecule has 1 fully saturated rings. The molecule has 98 valence electrons. The lowest BCUT2D eigenvalue weighted by atomic mass is 10.1. The SMILES string of the molecule is C=C1CCOC(C(F)(F)F)(C(F)(F)F)NC1=O. The summed E-state index contributed by atoms with van der Waals surface area (Å²) in [5.74, 6) is -1.53. The van der Waals surface area contributed by atoms with Crippen molar-refractivity contribution in [3.63, 3.8) is 0 Å². The van der Waals surface area contributed by atoms with Crippen molar-refractivity contribution in [2.24, 2.45) is 0 Å². The van der Waals surface area contributed by atoms with Crippen LogP contribution in [0.5, 0.6) is 0 Å². The molecule has 0 aliphatic carbocycles. The van der Waals surface area contributed by atoms with Crippen molar-refractivity contribution >= 4 is 5.91 Å². The van der Waals surface area contributed by atoms with E-state index in [2.05, 4.69) is 11.3 Å². The zero-order valence-electron chi connectivity index (χ0n) is 8.21. The number of rotatable bonds is 0. The Morgan fingerprint density at radius 1 is 1.18 bits per heavy atom. The Balaban J connectivity index is 3.25. The maximum atomic E-state index is 12.5. The van der Waals surface area contributed by atoms with Crippen molar-refractivity contribution in [2.75, 3.05) is 6.61 Å². The first-order chi connectivity index (χ1) is 7.51. The lowest BCUT2D eigenvalue weighted by Crippen LogP contribution is -2.68. The molecule has 0 atom stereocenters. The quantitative estimate of drug-likeness (QED) is 0.535. The van der Waals surface area contributed by atoms with Gasteiger partial charge in [0, 0.05) is 12.0 Å². The predicted molar refractivity (Wildman–Crippen MR) is 42.7 cm³/mol. The third-order valence-corrected chi connectivity index (χ3v) is 2.13. The summed E-state index contributed by atoms with van der Waals surface area (Å²) >= 11 is 0. The minimum atomic E-state index is -5.81. The van der Waals surface area contributed by atoms with Crippen LogP contribution in [0.2, 0.25) is 0 Å². The smallest absolute Gasteiger partial charge is 0.340 e. The third-order valence-electron chi connectivity index (χ3n) is 2.13. The van der Waals surface area contributed by atoms with Gasteiger partial charge in [0.05, 0.1) is 6.61 Å². The number of nitrogens with one attached hydrogen (secondary N) is 1. The van der Waals surface area contributed by atoms with E-state index in [1.165, 1.54) is 0 Å². The van der Waals surface area contributed by atoms with Gasteiger partial charge in [0.2, 0.25) is 5.91 Å². The molecule has 1 aliphatic heterocycles. The summed E-state index contributed by atoms with van der Waals surface area (Å²) < 4.78 is 78.7. The molecule has 1 saturated heterocycles. The van der Waals surface area contributed by atoms with Crippen molar-refractivity contribution in [1.82, 2.24) is 5.32 Å². The minimum absolute atomic E-state index is 0.402.